The molecule has 0 saturated carbocycles. The molecule has 1 aromatic rings. The van der Waals surface area contributed by atoms with Crippen LogP contribution in [0.15, 0.2) is 24.3 Å². The van der Waals surface area contributed by atoms with E-state index in [0.717, 1.165) is 0 Å². The maximum atomic E-state index is 11.7. The molecule has 0 amide bonds. The first kappa shape index (κ1) is 11.0. The Bertz CT molecular complexity index is 395. The minimum Gasteiger partial charge on any atom is -0.376 e. The zero-order valence-corrected chi connectivity index (χ0v) is 9.39. The number of hydrogen-bond acceptors (Lipinski definition) is 4. The molecule has 15 heavy (non-hydrogen) atoms. The van der Waals surface area contributed by atoms with Crippen LogP contribution in [-0.4, -0.2) is 22.0 Å². The molecule has 3 nitrogen and oxygen atoms in total. The van der Waals surface area contributed by atoms with E-state index >= 15 is 0 Å². The number of carbonyl (C=O) groups excluding carboxylic acids is 1. The van der Waals surface area contributed by atoms with Gasteiger partial charge in [0, 0.05) is 10.8 Å². The van der Waals surface area contributed by atoms with Crippen LogP contribution >= 0.6 is 23.4 Å². The molecule has 5 heteroatoms. The Hall–Kier alpha value is -0.550. The van der Waals surface area contributed by atoms with Crippen LogP contribution in [0.3, 0.4) is 0 Å². The molecule has 2 rings (SSSR count). The van der Waals surface area contributed by atoms with E-state index in [0.29, 0.717) is 16.3 Å². The highest BCUT2D eigenvalue weighted by Gasteiger charge is 2.46. The molecule has 2 atom stereocenters. The van der Waals surface area contributed by atoms with Crippen LogP contribution in [0.1, 0.15) is 5.56 Å². The summed E-state index contributed by atoms with van der Waals surface area (Å²) in [4.78, 5) is 11.7. The van der Waals surface area contributed by atoms with E-state index in [-0.39, 0.29) is 5.78 Å². The number of carbonyl (C=O) groups is 1. The fourth-order valence-electron chi connectivity index (χ4n) is 1.54. The maximum Gasteiger partial charge on any atom is 0.196 e. The zero-order valence-electron chi connectivity index (χ0n) is 7.81. The molecule has 80 valence electrons. The number of thioether (sulfide) groups is 1. The summed E-state index contributed by atoms with van der Waals surface area (Å²) in [5, 5.41) is 10.1. The Kier molecular flexibility index (Phi) is 2.77. The summed E-state index contributed by atoms with van der Waals surface area (Å²) in [6.45, 7) is 0. The maximum absolute atomic E-state index is 11.7. The molecule has 1 fully saturated rings. The summed E-state index contributed by atoms with van der Waals surface area (Å²) in [6.07, 6.45) is 0. The smallest absolute Gasteiger partial charge is 0.196 e. The van der Waals surface area contributed by atoms with E-state index in [9.17, 15) is 9.90 Å². The van der Waals surface area contributed by atoms with Crippen LogP contribution in [0.2, 0.25) is 5.02 Å². The molecule has 0 aromatic heterocycles. The van der Waals surface area contributed by atoms with Crippen molar-refractivity contribution >= 4 is 29.1 Å². The van der Waals surface area contributed by atoms with Crippen LogP contribution in [0.5, 0.6) is 0 Å². The normalized spacial score (nSPS) is 30.9. The van der Waals surface area contributed by atoms with Crippen molar-refractivity contribution in [2.45, 2.75) is 11.0 Å². The van der Waals surface area contributed by atoms with Gasteiger partial charge in [0.1, 0.15) is 5.37 Å². The molecule has 3 N–H and O–H groups in total. The fourth-order valence-corrected chi connectivity index (χ4v) is 2.75. The number of benzene rings is 1. The first-order valence-electron chi connectivity index (χ1n) is 4.44. The molecule has 0 radical (unpaired) electrons. The summed E-state index contributed by atoms with van der Waals surface area (Å²) >= 11 is 6.99. The molecular weight excluding hydrogens is 234 g/mol. The van der Waals surface area contributed by atoms with Crippen molar-refractivity contribution in [1.29, 1.82) is 0 Å². The quantitative estimate of drug-likeness (QED) is 0.776. The summed E-state index contributed by atoms with van der Waals surface area (Å²) < 4.78 is 0. The average molecular weight is 244 g/mol. The van der Waals surface area contributed by atoms with Gasteiger partial charge < -0.3 is 10.8 Å². The number of halogens is 1. The van der Waals surface area contributed by atoms with E-state index in [1.807, 2.05) is 0 Å². The molecule has 1 saturated heterocycles. The van der Waals surface area contributed by atoms with Crippen LogP contribution in [0, 0.1) is 0 Å². The first-order valence-corrected chi connectivity index (χ1v) is 5.86. The van der Waals surface area contributed by atoms with Crippen molar-refractivity contribution < 1.29 is 9.90 Å². The summed E-state index contributed by atoms with van der Waals surface area (Å²) in [7, 11) is 0. The van der Waals surface area contributed by atoms with Crippen molar-refractivity contribution in [2.75, 3.05) is 5.75 Å². The van der Waals surface area contributed by atoms with Gasteiger partial charge in [0.15, 0.2) is 11.4 Å². The van der Waals surface area contributed by atoms with Gasteiger partial charge in [-0.2, -0.15) is 0 Å². The largest absolute Gasteiger partial charge is 0.376 e. The second-order valence-electron chi connectivity index (χ2n) is 3.46. The van der Waals surface area contributed by atoms with E-state index in [2.05, 4.69) is 0 Å². The highest BCUT2D eigenvalue weighted by Crippen LogP contribution is 2.36. The van der Waals surface area contributed by atoms with Crippen LogP contribution in [0.4, 0.5) is 0 Å². The lowest BCUT2D eigenvalue weighted by atomic mass is 9.91. The Morgan fingerprint density at radius 2 is 2.07 bits per heavy atom. The van der Waals surface area contributed by atoms with Gasteiger partial charge in [-0.25, -0.2) is 0 Å². The number of aliphatic hydroxyl groups is 1. The highest BCUT2D eigenvalue weighted by molar-refractivity contribution is 8.01. The van der Waals surface area contributed by atoms with Crippen molar-refractivity contribution in [3.63, 3.8) is 0 Å². The van der Waals surface area contributed by atoms with E-state index in [1.165, 1.54) is 11.8 Å². The highest BCUT2D eigenvalue weighted by atomic mass is 35.5. The number of nitrogens with two attached hydrogens (primary N) is 1. The van der Waals surface area contributed by atoms with Crippen LogP contribution < -0.4 is 5.73 Å². The van der Waals surface area contributed by atoms with E-state index < -0.39 is 11.0 Å². The Labute approximate surface area is 96.6 Å². The summed E-state index contributed by atoms with van der Waals surface area (Å²) in [6, 6.07) is 6.60. The fraction of sp³-hybridized carbons (Fsp3) is 0.300. The zero-order chi connectivity index (χ0) is 11.1. The van der Waals surface area contributed by atoms with Crippen LogP contribution in [-0.2, 0) is 10.4 Å². The topological polar surface area (TPSA) is 63.3 Å². The third kappa shape index (κ3) is 1.78. The minimum atomic E-state index is -1.45. The monoisotopic (exact) mass is 243 g/mol. The predicted molar refractivity (Wildman–Crippen MR) is 60.8 cm³/mol. The van der Waals surface area contributed by atoms with Gasteiger partial charge in [-0.3, -0.25) is 4.79 Å². The molecular formula is C10H10ClNO2S. The summed E-state index contributed by atoms with van der Waals surface area (Å²) in [5.41, 5.74) is 4.65. The lowest BCUT2D eigenvalue weighted by Crippen LogP contribution is -2.39. The van der Waals surface area contributed by atoms with Crippen molar-refractivity contribution in [3.8, 4) is 0 Å². The minimum absolute atomic E-state index is 0.300. The lowest BCUT2D eigenvalue weighted by Gasteiger charge is -2.20. The van der Waals surface area contributed by atoms with Gasteiger partial charge in [-0.1, -0.05) is 23.7 Å². The van der Waals surface area contributed by atoms with Gasteiger partial charge in [-0.05, 0) is 17.7 Å². The Morgan fingerprint density at radius 3 is 2.53 bits per heavy atom. The van der Waals surface area contributed by atoms with Gasteiger partial charge in [0.05, 0.1) is 0 Å². The predicted octanol–water partition coefficient (Wildman–Crippen LogP) is 1.13. The average Bonchev–Trinajstić information content (AvgIpc) is 2.48. The van der Waals surface area contributed by atoms with E-state index in [4.69, 9.17) is 17.3 Å². The summed E-state index contributed by atoms with van der Waals surface area (Å²) in [5.74, 6) is -0.0379. The molecule has 1 aromatic carbocycles. The third-order valence-electron chi connectivity index (χ3n) is 2.46. The molecule has 0 aliphatic carbocycles. The van der Waals surface area contributed by atoms with Gasteiger partial charge in [0.2, 0.25) is 0 Å². The third-order valence-corrected chi connectivity index (χ3v) is 3.87. The van der Waals surface area contributed by atoms with Gasteiger partial charge in [-0.15, -0.1) is 11.8 Å². The molecule has 1 aliphatic rings. The van der Waals surface area contributed by atoms with Crippen LogP contribution in [0.25, 0.3) is 0 Å². The van der Waals surface area contributed by atoms with Crippen molar-refractivity contribution in [3.05, 3.63) is 34.9 Å². The number of rotatable bonds is 1. The standard InChI is InChI=1S/C10H10ClNO2S/c11-7-3-1-6(2-4-7)10(14)5-15-9(12)8(10)13/h1-4,9,14H,5,12H2. The number of Topliss-reactive ketones (excluding diaryl/α,β-unsaturated/α-hetero) is 1. The Morgan fingerprint density at radius 1 is 1.47 bits per heavy atom. The SMILES string of the molecule is NC1SCC(O)(c2ccc(Cl)cc2)C1=O. The number of ketones is 1. The lowest BCUT2D eigenvalue weighted by molar-refractivity contribution is -0.134. The molecule has 1 aliphatic heterocycles. The molecule has 2 unspecified atom stereocenters. The van der Waals surface area contributed by atoms with Gasteiger partial charge >= 0.3 is 0 Å². The molecule has 0 spiro atoms. The molecule has 1 heterocycles. The van der Waals surface area contributed by atoms with Crippen molar-refractivity contribution in [1.82, 2.24) is 0 Å². The number of hydrogen-bond donors (Lipinski definition) is 2. The second-order valence-corrected chi connectivity index (χ2v) is 5.03. The first-order chi connectivity index (χ1) is 7.04. The van der Waals surface area contributed by atoms with Crippen molar-refractivity contribution in [2.24, 2.45) is 5.73 Å². The van der Waals surface area contributed by atoms with E-state index in [1.54, 1.807) is 24.3 Å². The Balaban J connectivity index is 2.38. The van der Waals surface area contributed by atoms with Gasteiger partial charge in [0.25, 0.3) is 0 Å². The second kappa shape index (κ2) is 3.79. The molecule has 0 bridgehead atoms.